The van der Waals surface area contributed by atoms with Crippen LogP contribution >= 0.6 is 22.9 Å². The van der Waals surface area contributed by atoms with E-state index in [1.165, 1.54) is 21.5 Å². The Morgan fingerprint density at radius 3 is 2.74 bits per heavy atom. The van der Waals surface area contributed by atoms with E-state index in [1.54, 1.807) is 36.4 Å². The fourth-order valence-electron chi connectivity index (χ4n) is 2.47. The van der Waals surface area contributed by atoms with Gasteiger partial charge in [0.05, 0.1) is 31.2 Å². The van der Waals surface area contributed by atoms with E-state index in [4.69, 9.17) is 11.6 Å². The van der Waals surface area contributed by atoms with Crippen LogP contribution in [-0.2, 0) is 10.0 Å². The van der Waals surface area contributed by atoms with Gasteiger partial charge in [-0.3, -0.25) is 0 Å². The average Bonchev–Trinajstić information content (AvgIpc) is 3.08. The lowest BCUT2D eigenvalue weighted by molar-refractivity contribution is 0.589. The molecule has 0 fully saturated rings. The number of pyridine rings is 1. The lowest BCUT2D eigenvalue weighted by Gasteiger charge is -2.07. The van der Waals surface area contributed by atoms with Crippen LogP contribution in [0.4, 0.5) is 0 Å². The summed E-state index contributed by atoms with van der Waals surface area (Å²) < 4.78 is 27.9. The second-order valence-electron chi connectivity index (χ2n) is 5.02. The van der Waals surface area contributed by atoms with Gasteiger partial charge in [-0.05, 0) is 43.3 Å². The van der Waals surface area contributed by atoms with Crippen molar-refractivity contribution in [1.82, 2.24) is 13.9 Å². The Kier molecular flexibility index (Phi) is 3.19. The molecule has 0 spiro atoms. The second-order valence-corrected chi connectivity index (χ2v) is 8.45. The van der Waals surface area contributed by atoms with E-state index in [0.717, 1.165) is 15.2 Å². The molecule has 0 saturated carbocycles. The Balaban J connectivity index is 1.93. The molecular weight excluding hydrogens is 354 g/mol. The molecule has 0 aliphatic carbocycles. The lowest BCUT2D eigenvalue weighted by atomic mass is 10.3. The molecule has 0 unspecified atom stereocenters. The average molecular weight is 364 g/mol. The van der Waals surface area contributed by atoms with Crippen LogP contribution in [0.25, 0.3) is 21.3 Å². The van der Waals surface area contributed by atoms with Gasteiger partial charge in [0.1, 0.15) is 5.15 Å². The molecular formula is C15H10ClN3O2S2. The minimum Gasteiger partial charge on any atom is -0.242 e. The number of aromatic nitrogens is 3. The number of thiazole rings is 1. The summed E-state index contributed by atoms with van der Waals surface area (Å²) in [5.74, 6) is 0. The van der Waals surface area contributed by atoms with Gasteiger partial charge in [0.15, 0.2) is 0 Å². The van der Waals surface area contributed by atoms with E-state index in [-0.39, 0.29) is 4.90 Å². The molecule has 0 atom stereocenters. The molecule has 0 N–H and O–H groups in total. The van der Waals surface area contributed by atoms with Crippen molar-refractivity contribution in [3.05, 3.63) is 52.8 Å². The van der Waals surface area contributed by atoms with Crippen molar-refractivity contribution in [1.29, 1.82) is 0 Å². The minimum absolute atomic E-state index is 0.223. The van der Waals surface area contributed by atoms with Crippen LogP contribution in [0.2, 0.25) is 5.15 Å². The zero-order valence-electron chi connectivity index (χ0n) is 11.9. The van der Waals surface area contributed by atoms with Crippen molar-refractivity contribution < 1.29 is 8.42 Å². The van der Waals surface area contributed by atoms with Gasteiger partial charge in [-0.25, -0.2) is 22.4 Å². The number of hydrogen-bond donors (Lipinski definition) is 0. The summed E-state index contributed by atoms with van der Waals surface area (Å²) in [4.78, 5) is 8.70. The van der Waals surface area contributed by atoms with Crippen LogP contribution < -0.4 is 0 Å². The Morgan fingerprint density at radius 2 is 1.91 bits per heavy atom. The van der Waals surface area contributed by atoms with Crippen molar-refractivity contribution in [3.63, 3.8) is 0 Å². The SMILES string of the molecule is Cc1nc2ccc(S(=O)(=O)n3ccc4nc(Cl)ccc43)cc2s1. The topological polar surface area (TPSA) is 64.8 Å². The zero-order valence-corrected chi connectivity index (χ0v) is 14.3. The number of nitrogens with zero attached hydrogens (tertiary/aromatic N) is 3. The van der Waals surface area contributed by atoms with Crippen LogP contribution in [0, 0.1) is 6.92 Å². The molecule has 0 saturated heterocycles. The van der Waals surface area contributed by atoms with E-state index in [2.05, 4.69) is 9.97 Å². The molecule has 0 aliphatic rings. The third kappa shape index (κ3) is 2.32. The smallest absolute Gasteiger partial charge is 0.242 e. The van der Waals surface area contributed by atoms with E-state index in [0.29, 0.717) is 16.2 Å². The van der Waals surface area contributed by atoms with Crippen LogP contribution in [0.1, 0.15) is 5.01 Å². The molecule has 3 heterocycles. The van der Waals surface area contributed by atoms with Gasteiger partial charge in [-0.2, -0.15) is 0 Å². The van der Waals surface area contributed by atoms with Gasteiger partial charge in [-0.15, -0.1) is 11.3 Å². The minimum atomic E-state index is -3.70. The summed E-state index contributed by atoms with van der Waals surface area (Å²) in [5, 5.41) is 1.23. The highest BCUT2D eigenvalue weighted by atomic mass is 35.5. The first-order chi connectivity index (χ1) is 10.9. The van der Waals surface area contributed by atoms with Crippen molar-refractivity contribution in [2.24, 2.45) is 0 Å². The number of halogens is 1. The quantitative estimate of drug-likeness (QED) is 0.507. The first-order valence-corrected chi connectivity index (χ1v) is 9.35. The maximum Gasteiger partial charge on any atom is 0.268 e. The Bertz CT molecular complexity index is 1160. The predicted octanol–water partition coefficient (Wildman–Crippen LogP) is 3.84. The number of benzene rings is 1. The van der Waals surface area contributed by atoms with Gasteiger partial charge in [0.2, 0.25) is 0 Å². The molecule has 4 rings (SSSR count). The maximum absolute atomic E-state index is 12.9. The highest BCUT2D eigenvalue weighted by Crippen LogP contribution is 2.27. The molecule has 23 heavy (non-hydrogen) atoms. The summed E-state index contributed by atoms with van der Waals surface area (Å²) in [7, 11) is -3.70. The molecule has 0 amide bonds. The van der Waals surface area contributed by atoms with Crippen LogP contribution in [0.5, 0.6) is 0 Å². The van der Waals surface area contributed by atoms with Gasteiger partial charge < -0.3 is 0 Å². The Morgan fingerprint density at radius 1 is 1.09 bits per heavy atom. The van der Waals surface area contributed by atoms with Crippen molar-refractivity contribution in [3.8, 4) is 0 Å². The van der Waals surface area contributed by atoms with Gasteiger partial charge in [0.25, 0.3) is 10.0 Å². The standard InChI is InChI=1S/C15H10ClN3O2S2/c1-9-17-12-3-2-10(8-14(12)22-9)23(20,21)19-7-6-11-13(19)4-5-15(16)18-11/h2-8H,1H3. The first kappa shape index (κ1) is 14.6. The molecule has 8 heteroatoms. The summed E-state index contributed by atoms with van der Waals surface area (Å²) >= 11 is 7.32. The third-order valence-electron chi connectivity index (χ3n) is 3.50. The van der Waals surface area contributed by atoms with Crippen LogP contribution in [0.15, 0.2) is 47.5 Å². The Hall–Kier alpha value is -1.96. The Labute approximate surface area is 141 Å². The molecule has 0 radical (unpaired) electrons. The fourth-order valence-corrected chi connectivity index (χ4v) is 4.94. The van der Waals surface area contributed by atoms with Crippen LogP contribution in [-0.4, -0.2) is 22.4 Å². The zero-order chi connectivity index (χ0) is 16.2. The highest BCUT2D eigenvalue weighted by Gasteiger charge is 2.20. The molecule has 0 bridgehead atoms. The number of rotatable bonds is 2. The normalized spacial score (nSPS) is 12.3. The van der Waals surface area contributed by atoms with E-state index in [9.17, 15) is 8.42 Å². The summed E-state index contributed by atoms with van der Waals surface area (Å²) in [6, 6.07) is 9.82. The van der Waals surface area contributed by atoms with Gasteiger partial charge in [0, 0.05) is 6.20 Å². The summed E-state index contributed by atoms with van der Waals surface area (Å²) in [6.07, 6.45) is 1.49. The van der Waals surface area contributed by atoms with Gasteiger partial charge in [-0.1, -0.05) is 11.6 Å². The molecule has 0 aliphatic heterocycles. The fraction of sp³-hybridized carbons (Fsp3) is 0.0667. The summed E-state index contributed by atoms with van der Waals surface area (Å²) in [5.41, 5.74) is 1.84. The highest BCUT2D eigenvalue weighted by molar-refractivity contribution is 7.90. The van der Waals surface area contributed by atoms with Crippen molar-refractivity contribution in [2.75, 3.05) is 0 Å². The van der Waals surface area contributed by atoms with E-state index in [1.807, 2.05) is 6.92 Å². The van der Waals surface area contributed by atoms with Crippen LogP contribution in [0.3, 0.4) is 0 Å². The monoisotopic (exact) mass is 363 g/mol. The van der Waals surface area contributed by atoms with E-state index >= 15 is 0 Å². The van der Waals surface area contributed by atoms with Crippen molar-refractivity contribution >= 4 is 54.2 Å². The van der Waals surface area contributed by atoms with E-state index < -0.39 is 10.0 Å². The van der Waals surface area contributed by atoms with Gasteiger partial charge >= 0.3 is 0 Å². The molecule has 3 aromatic heterocycles. The molecule has 5 nitrogen and oxygen atoms in total. The number of hydrogen-bond acceptors (Lipinski definition) is 5. The molecule has 1 aromatic carbocycles. The maximum atomic E-state index is 12.9. The largest absolute Gasteiger partial charge is 0.268 e. The first-order valence-electron chi connectivity index (χ1n) is 6.71. The number of fused-ring (bicyclic) bond motifs is 2. The molecule has 116 valence electrons. The third-order valence-corrected chi connectivity index (χ3v) is 6.33. The lowest BCUT2D eigenvalue weighted by Crippen LogP contribution is -2.11. The molecule has 4 aromatic rings. The predicted molar refractivity (Wildman–Crippen MR) is 91.7 cm³/mol. The second kappa shape index (κ2) is 5.02. The summed E-state index contributed by atoms with van der Waals surface area (Å²) in [6.45, 7) is 1.90. The number of aryl methyl sites for hydroxylation is 1. The van der Waals surface area contributed by atoms with Crippen molar-refractivity contribution in [2.45, 2.75) is 11.8 Å².